The number of ketones is 1. The number of benzene rings is 2. The molecule has 2 aromatic carbocycles. The van der Waals surface area contributed by atoms with Crippen LogP contribution in [0.5, 0.6) is 5.75 Å². The number of morpholine rings is 1. The summed E-state index contributed by atoms with van der Waals surface area (Å²) in [6.45, 7) is 4.38. The summed E-state index contributed by atoms with van der Waals surface area (Å²) in [5.74, 6) is 5.00. The van der Waals surface area contributed by atoms with Gasteiger partial charge in [-0.05, 0) is 55.0 Å². The summed E-state index contributed by atoms with van der Waals surface area (Å²) in [5, 5.41) is 11.5. The highest BCUT2D eigenvalue weighted by atomic mass is 16.5. The summed E-state index contributed by atoms with van der Waals surface area (Å²) < 4.78 is 11.2. The van der Waals surface area contributed by atoms with E-state index in [4.69, 9.17) is 14.6 Å². The molecule has 0 saturated carbocycles. The molecule has 0 spiro atoms. The lowest BCUT2D eigenvalue weighted by Gasteiger charge is -2.26. The Labute approximate surface area is 217 Å². The molecule has 1 atom stereocenters. The summed E-state index contributed by atoms with van der Waals surface area (Å²) in [6, 6.07) is 12.7. The Morgan fingerprint density at radius 3 is 2.22 bits per heavy atom. The number of rotatable bonds is 10. The van der Waals surface area contributed by atoms with Gasteiger partial charge in [0.05, 0.1) is 19.8 Å². The summed E-state index contributed by atoms with van der Waals surface area (Å²) >= 11 is 0. The molecule has 2 N–H and O–H groups in total. The van der Waals surface area contributed by atoms with Crippen LogP contribution in [-0.2, 0) is 14.3 Å². The third-order valence-corrected chi connectivity index (χ3v) is 5.99. The summed E-state index contributed by atoms with van der Waals surface area (Å²) in [6.07, 6.45) is 0.958. The van der Waals surface area contributed by atoms with E-state index < -0.39 is 30.2 Å². The molecule has 196 valence electrons. The molecule has 2 amide bonds. The zero-order chi connectivity index (χ0) is 26.6. The number of nitrogens with one attached hydrogen (secondary N) is 1. The molecule has 0 aromatic heterocycles. The molecular weight excluding hydrogens is 474 g/mol. The van der Waals surface area contributed by atoms with Crippen molar-refractivity contribution in [3.05, 3.63) is 65.2 Å². The van der Waals surface area contributed by atoms with Crippen LogP contribution in [0.25, 0.3) is 0 Å². The number of nitrogens with zero attached hydrogens (tertiary/aromatic N) is 2. The van der Waals surface area contributed by atoms with E-state index in [-0.39, 0.29) is 0 Å². The van der Waals surface area contributed by atoms with Gasteiger partial charge in [0, 0.05) is 50.4 Å². The number of amides is 2. The third kappa shape index (κ3) is 8.15. The van der Waals surface area contributed by atoms with Crippen molar-refractivity contribution in [2.45, 2.75) is 12.5 Å². The van der Waals surface area contributed by atoms with Crippen molar-refractivity contribution in [1.82, 2.24) is 15.1 Å². The molecule has 9 nitrogen and oxygen atoms in total. The predicted molar refractivity (Wildman–Crippen MR) is 138 cm³/mol. The number of carbonyl (C=O) groups is 3. The highest BCUT2D eigenvalue weighted by molar-refractivity contribution is 6.10. The van der Waals surface area contributed by atoms with E-state index >= 15 is 0 Å². The minimum absolute atomic E-state index is 0.294. The number of likely N-dealkylation sites (N-methyl/N-ethyl adjacent to an activating group) is 2. The second kappa shape index (κ2) is 14.1. The van der Waals surface area contributed by atoms with Gasteiger partial charge in [0.25, 0.3) is 5.91 Å². The van der Waals surface area contributed by atoms with Crippen molar-refractivity contribution >= 4 is 17.6 Å². The standard InChI is InChI=1S/C28H33N3O6/c1-29-27(34)26(25(33)20-32)30(2)28(35)23-10-6-21(7-11-23)4-5-22-8-12-24(13-9-22)37-17-3-14-31-15-18-36-19-16-31/h6-13,26,32H,3,14-20H2,1-2H3,(H,29,34). The molecule has 3 rings (SSSR count). The van der Waals surface area contributed by atoms with Gasteiger partial charge in [0.15, 0.2) is 11.8 Å². The number of aliphatic hydroxyl groups is 1. The molecule has 0 bridgehead atoms. The lowest BCUT2D eigenvalue weighted by Crippen LogP contribution is -2.52. The van der Waals surface area contributed by atoms with Gasteiger partial charge in [0.2, 0.25) is 5.91 Å². The van der Waals surface area contributed by atoms with Crippen molar-refractivity contribution in [2.24, 2.45) is 0 Å². The Bertz CT molecular complexity index is 1100. The van der Waals surface area contributed by atoms with Crippen LogP contribution < -0.4 is 10.1 Å². The van der Waals surface area contributed by atoms with Crippen molar-refractivity contribution in [2.75, 3.05) is 60.2 Å². The summed E-state index contributed by atoms with van der Waals surface area (Å²) in [5.41, 5.74) is 1.83. The number of Topliss-reactive ketones (excluding diaryl/α,β-unsaturated/α-hetero) is 1. The topological polar surface area (TPSA) is 108 Å². The smallest absolute Gasteiger partial charge is 0.254 e. The van der Waals surface area contributed by atoms with E-state index in [0.29, 0.717) is 17.7 Å². The first-order valence-electron chi connectivity index (χ1n) is 12.2. The Morgan fingerprint density at radius 1 is 1.05 bits per heavy atom. The lowest BCUT2D eigenvalue weighted by molar-refractivity contribution is -0.135. The van der Waals surface area contributed by atoms with Gasteiger partial charge in [-0.1, -0.05) is 11.8 Å². The van der Waals surface area contributed by atoms with Crippen molar-refractivity contribution in [1.29, 1.82) is 0 Å². The number of aliphatic hydroxyl groups excluding tert-OH is 1. The van der Waals surface area contributed by atoms with Gasteiger partial charge in [-0.3, -0.25) is 19.3 Å². The lowest BCUT2D eigenvalue weighted by atomic mass is 10.1. The molecule has 9 heteroatoms. The van der Waals surface area contributed by atoms with E-state index in [9.17, 15) is 14.4 Å². The third-order valence-electron chi connectivity index (χ3n) is 5.99. The van der Waals surface area contributed by atoms with E-state index in [1.54, 1.807) is 24.3 Å². The molecule has 1 unspecified atom stereocenters. The van der Waals surface area contributed by atoms with E-state index in [0.717, 1.165) is 55.5 Å². The van der Waals surface area contributed by atoms with Crippen molar-refractivity contribution in [3.8, 4) is 17.6 Å². The highest BCUT2D eigenvalue weighted by Gasteiger charge is 2.32. The minimum atomic E-state index is -1.40. The first-order chi connectivity index (χ1) is 17.9. The molecule has 1 heterocycles. The Morgan fingerprint density at radius 2 is 1.65 bits per heavy atom. The van der Waals surface area contributed by atoms with Crippen LogP contribution in [0.2, 0.25) is 0 Å². The molecule has 1 saturated heterocycles. The molecule has 1 aliphatic rings. The maximum absolute atomic E-state index is 12.8. The number of carbonyl (C=O) groups excluding carboxylic acids is 3. The van der Waals surface area contributed by atoms with Crippen LogP contribution in [0, 0.1) is 11.8 Å². The maximum atomic E-state index is 12.8. The van der Waals surface area contributed by atoms with E-state index in [1.807, 2.05) is 24.3 Å². The van der Waals surface area contributed by atoms with Crippen LogP contribution in [0.1, 0.15) is 27.9 Å². The van der Waals surface area contributed by atoms with Gasteiger partial charge in [0.1, 0.15) is 12.4 Å². The van der Waals surface area contributed by atoms with Gasteiger partial charge in [-0.15, -0.1) is 0 Å². The van der Waals surface area contributed by atoms with Crippen molar-refractivity contribution < 1.29 is 29.0 Å². The van der Waals surface area contributed by atoms with Gasteiger partial charge >= 0.3 is 0 Å². The second-order valence-electron chi connectivity index (χ2n) is 8.57. The summed E-state index contributed by atoms with van der Waals surface area (Å²) in [7, 11) is 2.71. The van der Waals surface area contributed by atoms with Gasteiger partial charge in [-0.25, -0.2) is 0 Å². The molecular formula is C28H33N3O6. The molecule has 1 aliphatic heterocycles. The van der Waals surface area contributed by atoms with Gasteiger partial charge < -0.3 is 24.8 Å². The number of ether oxygens (including phenoxy) is 2. The molecule has 0 aliphatic carbocycles. The Hall–Kier alpha value is -3.71. The fourth-order valence-corrected chi connectivity index (χ4v) is 3.86. The van der Waals surface area contributed by atoms with Crippen molar-refractivity contribution in [3.63, 3.8) is 0 Å². The molecule has 2 aromatic rings. The highest BCUT2D eigenvalue weighted by Crippen LogP contribution is 2.13. The predicted octanol–water partition coefficient (Wildman–Crippen LogP) is 0.936. The Kier molecular flexibility index (Phi) is 10.6. The average Bonchev–Trinajstić information content (AvgIpc) is 2.95. The molecule has 37 heavy (non-hydrogen) atoms. The minimum Gasteiger partial charge on any atom is -0.494 e. The quantitative estimate of drug-likeness (QED) is 0.280. The first kappa shape index (κ1) is 27.9. The zero-order valence-corrected chi connectivity index (χ0v) is 21.2. The second-order valence-corrected chi connectivity index (χ2v) is 8.57. The normalized spacial score (nSPS) is 14.1. The number of hydrogen-bond donors (Lipinski definition) is 2. The summed E-state index contributed by atoms with van der Waals surface area (Å²) in [4.78, 5) is 40.2. The van der Waals surface area contributed by atoms with Crippen LogP contribution in [0.3, 0.4) is 0 Å². The van der Waals surface area contributed by atoms with Gasteiger partial charge in [-0.2, -0.15) is 0 Å². The SMILES string of the molecule is CNC(=O)C(C(=O)CO)N(C)C(=O)c1ccc(C#Cc2ccc(OCCCN3CCOCC3)cc2)cc1. The van der Waals surface area contributed by atoms with Crippen LogP contribution >= 0.6 is 0 Å². The van der Waals surface area contributed by atoms with E-state index in [2.05, 4.69) is 22.1 Å². The fourth-order valence-electron chi connectivity index (χ4n) is 3.86. The fraction of sp³-hybridized carbons (Fsp3) is 0.393. The molecule has 0 radical (unpaired) electrons. The van der Waals surface area contributed by atoms with Crippen LogP contribution in [-0.4, -0.2) is 98.7 Å². The first-order valence-corrected chi connectivity index (χ1v) is 12.2. The zero-order valence-electron chi connectivity index (χ0n) is 21.2. The molecule has 1 fully saturated rings. The average molecular weight is 508 g/mol. The number of hydrogen-bond acceptors (Lipinski definition) is 7. The monoisotopic (exact) mass is 507 g/mol. The van der Waals surface area contributed by atoms with E-state index in [1.165, 1.54) is 14.1 Å². The Balaban J connectivity index is 1.53. The largest absolute Gasteiger partial charge is 0.494 e. The maximum Gasteiger partial charge on any atom is 0.254 e. The van der Waals surface area contributed by atoms with Crippen LogP contribution in [0.15, 0.2) is 48.5 Å². The van der Waals surface area contributed by atoms with Crippen LogP contribution in [0.4, 0.5) is 0 Å².